The highest BCUT2D eigenvalue weighted by Crippen LogP contribution is 2.24. The Bertz CT molecular complexity index is 404. The van der Waals surface area contributed by atoms with Crippen molar-refractivity contribution in [3.05, 3.63) is 47.0 Å². The summed E-state index contributed by atoms with van der Waals surface area (Å²) in [5, 5.41) is 3.69. The average Bonchev–Trinajstić information content (AvgIpc) is 2.52. The summed E-state index contributed by atoms with van der Waals surface area (Å²) in [6.07, 6.45) is 1.18. The lowest BCUT2D eigenvalue weighted by Gasteiger charge is -2.34. The van der Waals surface area contributed by atoms with E-state index in [4.69, 9.17) is 0 Å². The van der Waals surface area contributed by atoms with E-state index < -0.39 is 0 Å². The Morgan fingerprint density at radius 1 is 1.44 bits per heavy atom. The van der Waals surface area contributed by atoms with Crippen LogP contribution in [0.25, 0.3) is 0 Å². The number of rotatable bonds is 3. The molecule has 1 unspecified atom stereocenters. The van der Waals surface area contributed by atoms with E-state index in [2.05, 4.69) is 70.0 Å². The first kappa shape index (κ1) is 13.8. The zero-order chi connectivity index (χ0) is 13.0. The van der Waals surface area contributed by atoms with Gasteiger partial charge in [-0.3, -0.25) is 4.90 Å². The lowest BCUT2D eigenvalue weighted by atomic mass is 9.91. The van der Waals surface area contributed by atoms with Crippen LogP contribution in [-0.2, 0) is 5.54 Å². The highest BCUT2D eigenvalue weighted by molar-refractivity contribution is 9.11. The summed E-state index contributed by atoms with van der Waals surface area (Å²) in [6, 6.07) is 10.7. The van der Waals surface area contributed by atoms with Crippen molar-refractivity contribution in [2.45, 2.75) is 18.9 Å². The van der Waals surface area contributed by atoms with Crippen molar-refractivity contribution in [2.75, 3.05) is 26.2 Å². The summed E-state index contributed by atoms with van der Waals surface area (Å²) in [5.74, 6) is 0. The van der Waals surface area contributed by atoms with E-state index in [9.17, 15) is 0 Å². The maximum atomic E-state index is 3.95. The molecule has 1 aromatic rings. The normalized spacial score (nSPS) is 25.7. The standard InChI is InChI=1S/C15H21BrN2/c1-13(16)11-18-10-6-9-17-15(2,12-18)14-7-4-3-5-8-14/h3-5,7-8,17H,1,6,9-12H2,2H3. The summed E-state index contributed by atoms with van der Waals surface area (Å²) in [5.41, 5.74) is 1.39. The summed E-state index contributed by atoms with van der Waals surface area (Å²) in [7, 11) is 0. The third kappa shape index (κ3) is 3.44. The molecule has 1 aliphatic heterocycles. The molecule has 0 aromatic heterocycles. The van der Waals surface area contributed by atoms with E-state index in [1.54, 1.807) is 0 Å². The molecule has 1 aromatic carbocycles. The molecule has 0 amide bonds. The first-order chi connectivity index (χ1) is 8.60. The molecule has 0 spiro atoms. The van der Waals surface area contributed by atoms with Gasteiger partial charge >= 0.3 is 0 Å². The molecular weight excluding hydrogens is 288 g/mol. The Labute approximate surface area is 118 Å². The molecule has 3 heteroatoms. The van der Waals surface area contributed by atoms with Gasteiger partial charge in [-0.25, -0.2) is 0 Å². The molecule has 0 saturated carbocycles. The molecule has 0 radical (unpaired) electrons. The summed E-state index contributed by atoms with van der Waals surface area (Å²) in [6.45, 7) is 10.4. The molecule has 0 aliphatic carbocycles. The van der Waals surface area contributed by atoms with Crippen LogP contribution >= 0.6 is 15.9 Å². The molecule has 1 saturated heterocycles. The number of nitrogens with one attached hydrogen (secondary N) is 1. The van der Waals surface area contributed by atoms with Crippen LogP contribution in [0.2, 0.25) is 0 Å². The van der Waals surface area contributed by atoms with Gasteiger partial charge in [0, 0.05) is 17.6 Å². The second kappa shape index (κ2) is 6.00. The van der Waals surface area contributed by atoms with Crippen LogP contribution in [0.4, 0.5) is 0 Å². The smallest absolute Gasteiger partial charge is 0.0535 e. The topological polar surface area (TPSA) is 15.3 Å². The van der Waals surface area contributed by atoms with Crippen molar-refractivity contribution < 1.29 is 0 Å². The Morgan fingerprint density at radius 3 is 2.83 bits per heavy atom. The third-order valence-electron chi connectivity index (χ3n) is 3.51. The average molecular weight is 309 g/mol. The summed E-state index contributed by atoms with van der Waals surface area (Å²) >= 11 is 3.47. The third-order valence-corrected chi connectivity index (χ3v) is 3.76. The number of halogens is 1. The van der Waals surface area contributed by atoms with E-state index >= 15 is 0 Å². The number of hydrogen-bond acceptors (Lipinski definition) is 2. The number of nitrogens with zero attached hydrogens (tertiary/aromatic N) is 1. The molecule has 1 aliphatic rings. The largest absolute Gasteiger partial charge is 0.307 e. The Morgan fingerprint density at radius 2 is 2.17 bits per heavy atom. The second-order valence-corrected chi connectivity index (χ2v) is 6.33. The first-order valence-corrected chi connectivity index (χ1v) is 7.26. The maximum absolute atomic E-state index is 3.95. The monoisotopic (exact) mass is 308 g/mol. The van der Waals surface area contributed by atoms with Gasteiger partial charge in [0.05, 0.1) is 5.54 Å². The van der Waals surface area contributed by atoms with Crippen LogP contribution in [0.15, 0.2) is 41.4 Å². The fraction of sp³-hybridized carbons (Fsp3) is 0.467. The van der Waals surface area contributed by atoms with Gasteiger partial charge in [-0.1, -0.05) is 52.8 Å². The van der Waals surface area contributed by atoms with Gasteiger partial charge < -0.3 is 5.32 Å². The van der Waals surface area contributed by atoms with Gasteiger partial charge in [0.25, 0.3) is 0 Å². The first-order valence-electron chi connectivity index (χ1n) is 6.46. The van der Waals surface area contributed by atoms with E-state index in [1.165, 1.54) is 12.0 Å². The molecule has 1 N–H and O–H groups in total. The molecule has 2 nitrogen and oxygen atoms in total. The Balaban J connectivity index is 2.17. The van der Waals surface area contributed by atoms with Crippen molar-refractivity contribution in [3.8, 4) is 0 Å². The molecule has 1 heterocycles. The molecule has 1 atom stereocenters. The van der Waals surface area contributed by atoms with Crippen molar-refractivity contribution in [2.24, 2.45) is 0 Å². The molecule has 98 valence electrons. The second-order valence-electron chi connectivity index (χ2n) is 5.21. The Kier molecular flexibility index (Phi) is 4.60. The fourth-order valence-electron chi connectivity index (χ4n) is 2.63. The lowest BCUT2D eigenvalue weighted by Crippen LogP contribution is -2.46. The van der Waals surface area contributed by atoms with Crippen molar-refractivity contribution in [3.63, 3.8) is 0 Å². The Hall–Kier alpha value is -0.640. The molecule has 18 heavy (non-hydrogen) atoms. The molecular formula is C15H21BrN2. The van der Waals surface area contributed by atoms with E-state index in [0.717, 1.165) is 30.7 Å². The van der Waals surface area contributed by atoms with E-state index in [1.807, 2.05) is 0 Å². The number of hydrogen-bond donors (Lipinski definition) is 1. The van der Waals surface area contributed by atoms with Crippen LogP contribution in [-0.4, -0.2) is 31.1 Å². The zero-order valence-corrected chi connectivity index (χ0v) is 12.5. The van der Waals surface area contributed by atoms with Crippen molar-refractivity contribution >= 4 is 15.9 Å². The van der Waals surface area contributed by atoms with Crippen molar-refractivity contribution in [1.29, 1.82) is 0 Å². The predicted octanol–water partition coefficient (Wildman–Crippen LogP) is 3.11. The highest BCUT2D eigenvalue weighted by atomic mass is 79.9. The summed E-state index contributed by atoms with van der Waals surface area (Å²) in [4.78, 5) is 2.46. The van der Waals surface area contributed by atoms with E-state index in [0.29, 0.717) is 0 Å². The minimum absolute atomic E-state index is 0.0280. The highest BCUT2D eigenvalue weighted by Gasteiger charge is 2.30. The lowest BCUT2D eigenvalue weighted by molar-refractivity contribution is 0.238. The molecule has 1 fully saturated rings. The minimum Gasteiger partial charge on any atom is -0.307 e. The van der Waals surface area contributed by atoms with Gasteiger partial charge in [-0.15, -0.1) is 0 Å². The van der Waals surface area contributed by atoms with Crippen LogP contribution in [0.3, 0.4) is 0 Å². The quantitative estimate of drug-likeness (QED) is 0.923. The van der Waals surface area contributed by atoms with Crippen LogP contribution < -0.4 is 5.32 Å². The maximum Gasteiger partial charge on any atom is 0.0535 e. The SMILES string of the molecule is C=C(Br)CN1CCCNC(C)(c2ccccc2)C1. The van der Waals surface area contributed by atoms with Crippen LogP contribution in [0.5, 0.6) is 0 Å². The fourth-order valence-corrected chi connectivity index (χ4v) is 2.98. The predicted molar refractivity (Wildman–Crippen MR) is 80.9 cm³/mol. The molecule has 0 bridgehead atoms. The van der Waals surface area contributed by atoms with E-state index in [-0.39, 0.29) is 5.54 Å². The molecule has 2 rings (SSSR count). The zero-order valence-electron chi connectivity index (χ0n) is 11.0. The van der Waals surface area contributed by atoms with Gasteiger partial charge in [0.2, 0.25) is 0 Å². The van der Waals surface area contributed by atoms with Gasteiger partial charge in [0.15, 0.2) is 0 Å². The van der Waals surface area contributed by atoms with Crippen molar-refractivity contribution in [1.82, 2.24) is 10.2 Å². The summed E-state index contributed by atoms with van der Waals surface area (Å²) < 4.78 is 1.06. The van der Waals surface area contributed by atoms with Crippen LogP contribution in [0.1, 0.15) is 18.9 Å². The van der Waals surface area contributed by atoms with Crippen LogP contribution in [0, 0.1) is 0 Å². The van der Waals surface area contributed by atoms with Gasteiger partial charge in [0.1, 0.15) is 0 Å². The number of benzene rings is 1. The van der Waals surface area contributed by atoms with Gasteiger partial charge in [-0.05, 0) is 32.0 Å². The minimum atomic E-state index is 0.0280. The van der Waals surface area contributed by atoms with Gasteiger partial charge in [-0.2, -0.15) is 0 Å².